The van der Waals surface area contributed by atoms with E-state index in [4.69, 9.17) is 5.73 Å². The summed E-state index contributed by atoms with van der Waals surface area (Å²) in [6, 6.07) is 4.62. The van der Waals surface area contributed by atoms with Gasteiger partial charge >= 0.3 is 0 Å². The van der Waals surface area contributed by atoms with Gasteiger partial charge in [0.25, 0.3) is 5.91 Å². The van der Waals surface area contributed by atoms with Gasteiger partial charge in [-0.15, -0.1) is 0 Å². The van der Waals surface area contributed by atoms with Gasteiger partial charge < -0.3 is 10.6 Å². The molecule has 4 heteroatoms. The highest BCUT2D eigenvalue weighted by atomic mass is 19.1. The van der Waals surface area contributed by atoms with Gasteiger partial charge in [-0.1, -0.05) is 18.8 Å². The Hall–Kier alpha value is -1.86. The number of benzene rings is 1. The average molecular weight is 288 g/mol. The van der Waals surface area contributed by atoms with Gasteiger partial charge in [0.1, 0.15) is 5.82 Å². The molecule has 1 unspecified atom stereocenters. The van der Waals surface area contributed by atoms with Crippen LogP contribution in [-0.2, 0) is 0 Å². The van der Waals surface area contributed by atoms with E-state index in [2.05, 4.69) is 18.8 Å². The van der Waals surface area contributed by atoms with Crippen LogP contribution < -0.4 is 5.73 Å². The Labute approximate surface area is 125 Å². The van der Waals surface area contributed by atoms with Gasteiger partial charge in [0.15, 0.2) is 0 Å². The van der Waals surface area contributed by atoms with Crippen LogP contribution in [0.4, 0.5) is 4.39 Å². The van der Waals surface area contributed by atoms with Crippen molar-refractivity contribution in [3.63, 3.8) is 0 Å². The Morgan fingerprint density at radius 3 is 3.00 bits per heavy atom. The van der Waals surface area contributed by atoms with E-state index in [1.807, 2.05) is 4.90 Å². The van der Waals surface area contributed by atoms with Crippen LogP contribution in [0.1, 0.15) is 48.5 Å². The Morgan fingerprint density at radius 2 is 2.29 bits per heavy atom. The Bertz CT molecular complexity index is 574. The summed E-state index contributed by atoms with van der Waals surface area (Å²) >= 11 is 0. The lowest BCUT2D eigenvalue weighted by Gasteiger charge is -2.35. The van der Waals surface area contributed by atoms with E-state index in [1.165, 1.54) is 12.1 Å². The zero-order valence-electron chi connectivity index (χ0n) is 12.4. The van der Waals surface area contributed by atoms with Crippen molar-refractivity contribution in [3.05, 3.63) is 35.1 Å². The number of halogens is 1. The van der Waals surface area contributed by atoms with Crippen LogP contribution in [0.25, 0.3) is 0 Å². The lowest BCUT2D eigenvalue weighted by Crippen LogP contribution is -2.43. The number of carbonyl (C=O) groups is 1. The molecule has 112 valence electrons. The smallest absolute Gasteiger partial charge is 0.257 e. The topological polar surface area (TPSA) is 46.3 Å². The molecule has 1 fully saturated rings. The second-order valence-corrected chi connectivity index (χ2v) is 5.26. The van der Waals surface area contributed by atoms with Crippen LogP contribution in [0.5, 0.6) is 0 Å². The average Bonchev–Trinajstić information content (AvgIpc) is 2.53. The first-order chi connectivity index (χ1) is 10.2. The van der Waals surface area contributed by atoms with Crippen LogP contribution in [-0.4, -0.2) is 29.9 Å². The fourth-order valence-electron chi connectivity index (χ4n) is 2.77. The first-order valence-electron chi connectivity index (χ1n) is 7.46. The third kappa shape index (κ3) is 3.62. The lowest BCUT2D eigenvalue weighted by atomic mass is 9.98. The summed E-state index contributed by atoms with van der Waals surface area (Å²) in [4.78, 5) is 14.4. The molecule has 0 aliphatic carbocycles. The summed E-state index contributed by atoms with van der Waals surface area (Å²) in [6.45, 7) is 3.01. The van der Waals surface area contributed by atoms with Crippen molar-refractivity contribution in [2.75, 3.05) is 13.1 Å². The number of hydrogen-bond acceptors (Lipinski definition) is 2. The maximum atomic E-state index is 14.0. The summed E-state index contributed by atoms with van der Waals surface area (Å²) in [7, 11) is 0. The van der Waals surface area contributed by atoms with Crippen molar-refractivity contribution in [3.8, 4) is 11.8 Å². The van der Waals surface area contributed by atoms with Gasteiger partial charge in [0.2, 0.25) is 0 Å². The molecular weight excluding hydrogens is 267 g/mol. The van der Waals surface area contributed by atoms with E-state index in [9.17, 15) is 9.18 Å². The third-order valence-corrected chi connectivity index (χ3v) is 3.89. The summed E-state index contributed by atoms with van der Waals surface area (Å²) in [6.07, 6.45) is 4.01. The molecular formula is C17H21FN2O. The number of nitrogens with zero attached hydrogens (tertiary/aromatic N) is 1. The van der Waals surface area contributed by atoms with Crippen molar-refractivity contribution >= 4 is 5.91 Å². The third-order valence-electron chi connectivity index (χ3n) is 3.89. The van der Waals surface area contributed by atoms with Crippen molar-refractivity contribution in [1.82, 2.24) is 4.90 Å². The van der Waals surface area contributed by atoms with Gasteiger partial charge in [-0.3, -0.25) is 4.79 Å². The summed E-state index contributed by atoms with van der Waals surface area (Å²) in [5, 5.41) is 0. The maximum absolute atomic E-state index is 14.0. The highest BCUT2D eigenvalue weighted by molar-refractivity contribution is 5.95. The van der Waals surface area contributed by atoms with Crippen LogP contribution >= 0.6 is 0 Å². The number of hydrogen-bond donors (Lipinski definition) is 1. The number of nitrogens with two attached hydrogens (primary N) is 1. The zero-order valence-corrected chi connectivity index (χ0v) is 12.4. The predicted octanol–water partition coefficient (Wildman–Crippen LogP) is 2.54. The first kappa shape index (κ1) is 15.5. The SMILES string of the molecule is CCC1CCCCN1C(=O)c1cc(C#CCN)ccc1F. The zero-order chi connectivity index (χ0) is 15.2. The molecule has 21 heavy (non-hydrogen) atoms. The van der Waals surface area contributed by atoms with Crippen molar-refractivity contribution in [1.29, 1.82) is 0 Å². The van der Waals surface area contributed by atoms with Gasteiger partial charge in [-0.05, 0) is 43.9 Å². The molecule has 1 amide bonds. The molecule has 0 spiro atoms. The highest BCUT2D eigenvalue weighted by Crippen LogP contribution is 2.23. The van der Waals surface area contributed by atoms with E-state index >= 15 is 0 Å². The fourth-order valence-corrected chi connectivity index (χ4v) is 2.77. The molecule has 0 aromatic heterocycles. The van der Waals surface area contributed by atoms with Crippen LogP contribution in [0.3, 0.4) is 0 Å². The molecule has 1 heterocycles. The van der Waals surface area contributed by atoms with Crippen molar-refractivity contribution in [2.45, 2.75) is 38.6 Å². The van der Waals surface area contributed by atoms with Crippen LogP contribution in [0.15, 0.2) is 18.2 Å². The Morgan fingerprint density at radius 1 is 1.48 bits per heavy atom. The Kier molecular flexibility index (Phi) is 5.35. The quantitative estimate of drug-likeness (QED) is 0.850. The summed E-state index contributed by atoms with van der Waals surface area (Å²) < 4.78 is 14.0. The van der Waals surface area contributed by atoms with Gasteiger partial charge in [-0.25, -0.2) is 4.39 Å². The number of piperidine rings is 1. The van der Waals surface area contributed by atoms with E-state index < -0.39 is 5.82 Å². The minimum atomic E-state index is -0.487. The molecule has 1 atom stereocenters. The number of rotatable bonds is 2. The van der Waals surface area contributed by atoms with Crippen molar-refractivity contribution < 1.29 is 9.18 Å². The normalized spacial score (nSPS) is 18.0. The summed E-state index contributed by atoms with van der Waals surface area (Å²) in [5.41, 5.74) is 6.07. The molecule has 0 saturated carbocycles. The molecule has 0 radical (unpaired) electrons. The van der Waals surface area contributed by atoms with Crippen molar-refractivity contribution in [2.24, 2.45) is 5.73 Å². The second kappa shape index (κ2) is 7.24. The number of carbonyl (C=O) groups excluding carboxylic acids is 1. The van der Waals surface area contributed by atoms with E-state index in [0.29, 0.717) is 12.1 Å². The number of likely N-dealkylation sites (tertiary alicyclic amines) is 1. The minimum Gasteiger partial charge on any atom is -0.336 e. The van der Waals surface area contributed by atoms with Crippen LogP contribution in [0.2, 0.25) is 0 Å². The predicted molar refractivity (Wildman–Crippen MR) is 81.3 cm³/mol. The van der Waals surface area contributed by atoms with Gasteiger partial charge in [0, 0.05) is 18.2 Å². The molecule has 1 aliphatic rings. The van der Waals surface area contributed by atoms with E-state index in [-0.39, 0.29) is 24.1 Å². The van der Waals surface area contributed by atoms with Crippen LogP contribution in [0, 0.1) is 17.7 Å². The number of amides is 1. The molecule has 1 aliphatic heterocycles. The largest absolute Gasteiger partial charge is 0.336 e. The fraction of sp³-hybridized carbons (Fsp3) is 0.471. The van der Waals surface area contributed by atoms with E-state index in [0.717, 1.165) is 25.7 Å². The van der Waals surface area contributed by atoms with Gasteiger partial charge in [-0.2, -0.15) is 0 Å². The van der Waals surface area contributed by atoms with Gasteiger partial charge in [0.05, 0.1) is 12.1 Å². The summed E-state index contributed by atoms with van der Waals surface area (Å²) in [5.74, 6) is 4.85. The standard InChI is InChI=1S/C17H21FN2O/c1-2-14-7-3-4-11-20(14)17(21)15-12-13(6-5-10-19)8-9-16(15)18/h8-9,12,14H,2-4,7,10-11,19H2,1H3. The molecule has 1 aromatic rings. The molecule has 3 nitrogen and oxygen atoms in total. The molecule has 1 aromatic carbocycles. The first-order valence-corrected chi connectivity index (χ1v) is 7.46. The second-order valence-electron chi connectivity index (χ2n) is 5.26. The maximum Gasteiger partial charge on any atom is 0.257 e. The highest BCUT2D eigenvalue weighted by Gasteiger charge is 2.27. The van der Waals surface area contributed by atoms with E-state index in [1.54, 1.807) is 6.07 Å². The monoisotopic (exact) mass is 288 g/mol. The molecule has 2 N–H and O–H groups in total. The molecule has 2 rings (SSSR count). The molecule has 0 bridgehead atoms. The minimum absolute atomic E-state index is 0.110. The Balaban J connectivity index is 2.29. The lowest BCUT2D eigenvalue weighted by molar-refractivity contribution is 0.0603. The molecule has 1 saturated heterocycles.